The van der Waals surface area contributed by atoms with E-state index in [0.717, 1.165) is 21.7 Å². The van der Waals surface area contributed by atoms with E-state index in [4.69, 9.17) is 4.74 Å². The lowest BCUT2D eigenvalue weighted by molar-refractivity contribution is -0.123. The van der Waals surface area contributed by atoms with Crippen LogP contribution in [0.25, 0.3) is 16.7 Å². The zero-order chi connectivity index (χ0) is 19.5. The summed E-state index contributed by atoms with van der Waals surface area (Å²) in [6.07, 6.45) is 3.08. The Balaban J connectivity index is 1.51. The third-order valence-corrected chi connectivity index (χ3v) is 5.04. The fourth-order valence-corrected chi connectivity index (χ4v) is 3.63. The van der Waals surface area contributed by atoms with Gasteiger partial charge in [-0.05, 0) is 48.6 Å². The predicted octanol–water partition coefficient (Wildman–Crippen LogP) is 3.19. The highest BCUT2D eigenvalue weighted by atomic mass is 32.1. The van der Waals surface area contributed by atoms with E-state index in [9.17, 15) is 4.79 Å². The number of benzene rings is 1. The maximum absolute atomic E-state index is 12.1. The van der Waals surface area contributed by atoms with Crippen LogP contribution in [-0.2, 0) is 11.3 Å². The van der Waals surface area contributed by atoms with Crippen molar-refractivity contribution in [2.45, 2.75) is 20.4 Å². The van der Waals surface area contributed by atoms with Crippen LogP contribution >= 0.6 is 11.3 Å². The third kappa shape index (κ3) is 3.86. The summed E-state index contributed by atoms with van der Waals surface area (Å²) in [6, 6.07) is 10.1. The molecule has 0 fully saturated rings. The van der Waals surface area contributed by atoms with E-state index in [1.807, 2.05) is 43.5 Å². The number of fused-ring (bicyclic) bond motifs is 1. The summed E-state index contributed by atoms with van der Waals surface area (Å²) in [5.41, 5.74) is 3.85. The maximum Gasteiger partial charge on any atom is 0.258 e. The lowest BCUT2D eigenvalue weighted by Gasteiger charge is -2.08. The Bertz CT molecular complexity index is 1100. The van der Waals surface area contributed by atoms with Crippen LogP contribution in [0.15, 0.2) is 48.2 Å². The van der Waals surface area contributed by atoms with Crippen LogP contribution in [0.4, 0.5) is 0 Å². The first kappa shape index (κ1) is 18.1. The molecule has 0 radical (unpaired) electrons. The molecule has 3 aromatic heterocycles. The summed E-state index contributed by atoms with van der Waals surface area (Å²) >= 11 is 1.60. The van der Waals surface area contributed by atoms with E-state index in [0.29, 0.717) is 23.5 Å². The first-order valence-corrected chi connectivity index (χ1v) is 9.67. The summed E-state index contributed by atoms with van der Waals surface area (Å²) < 4.78 is 7.39. The van der Waals surface area contributed by atoms with E-state index in [2.05, 4.69) is 26.4 Å². The Morgan fingerprint density at radius 2 is 2.04 bits per heavy atom. The van der Waals surface area contributed by atoms with Crippen LogP contribution in [0.2, 0.25) is 0 Å². The van der Waals surface area contributed by atoms with Crippen molar-refractivity contribution in [3.63, 3.8) is 0 Å². The molecule has 0 saturated carbocycles. The number of thiophene rings is 1. The van der Waals surface area contributed by atoms with Crippen molar-refractivity contribution in [2.24, 2.45) is 0 Å². The van der Waals surface area contributed by atoms with E-state index in [-0.39, 0.29) is 12.5 Å². The van der Waals surface area contributed by atoms with Crippen LogP contribution in [0.1, 0.15) is 16.0 Å². The fourth-order valence-electron chi connectivity index (χ4n) is 2.98. The van der Waals surface area contributed by atoms with Crippen LogP contribution in [-0.4, -0.2) is 32.3 Å². The van der Waals surface area contributed by atoms with E-state index in [1.165, 1.54) is 6.33 Å². The molecule has 0 atom stereocenters. The molecule has 3 heterocycles. The number of aromatic nitrogens is 4. The van der Waals surface area contributed by atoms with Gasteiger partial charge in [0.15, 0.2) is 12.3 Å². The highest BCUT2D eigenvalue weighted by Crippen LogP contribution is 2.24. The second-order valence-electron chi connectivity index (χ2n) is 6.46. The SMILES string of the molecule is Cc1cc(C)cc(-n2ncc3c(OCC(=O)NCc4cccs4)ncnc32)c1. The first-order valence-electron chi connectivity index (χ1n) is 8.79. The second kappa shape index (κ2) is 7.77. The Labute approximate surface area is 166 Å². The molecule has 0 spiro atoms. The van der Waals surface area contributed by atoms with E-state index >= 15 is 0 Å². The van der Waals surface area contributed by atoms with Crippen molar-refractivity contribution in [3.8, 4) is 11.6 Å². The van der Waals surface area contributed by atoms with Gasteiger partial charge in [-0.2, -0.15) is 5.10 Å². The molecule has 0 aliphatic rings. The van der Waals surface area contributed by atoms with Crippen LogP contribution in [0, 0.1) is 13.8 Å². The van der Waals surface area contributed by atoms with Gasteiger partial charge in [0.1, 0.15) is 11.7 Å². The topological polar surface area (TPSA) is 81.9 Å². The summed E-state index contributed by atoms with van der Waals surface area (Å²) in [7, 11) is 0. The monoisotopic (exact) mass is 393 g/mol. The average molecular weight is 393 g/mol. The number of hydrogen-bond acceptors (Lipinski definition) is 6. The van der Waals surface area contributed by atoms with Crippen LogP contribution < -0.4 is 10.1 Å². The van der Waals surface area contributed by atoms with Crippen molar-refractivity contribution < 1.29 is 9.53 Å². The number of amides is 1. The minimum absolute atomic E-state index is 0.119. The van der Waals surface area contributed by atoms with Gasteiger partial charge < -0.3 is 10.1 Å². The first-order chi connectivity index (χ1) is 13.6. The zero-order valence-electron chi connectivity index (χ0n) is 15.5. The minimum atomic E-state index is -0.207. The molecule has 28 heavy (non-hydrogen) atoms. The van der Waals surface area contributed by atoms with Gasteiger partial charge in [0.05, 0.1) is 18.4 Å². The molecule has 4 rings (SSSR count). The molecule has 0 unspecified atom stereocenters. The van der Waals surface area contributed by atoms with Crippen molar-refractivity contribution >= 4 is 28.3 Å². The third-order valence-electron chi connectivity index (χ3n) is 4.16. The Morgan fingerprint density at radius 3 is 2.79 bits per heavy atom. The van der Waals surface area contributed by atoms with Gasteiger partial charge in [0, 0.05) is 4.88 Å². The van der Waals surface area contributed by atoms with Gasteiger partial charge in [-0.25, -0.2) is 14.6 Å². The summed E-state index contributed by atoms with van der Waals surface area (Å²) in [6.45, 7) is 4.46. The number of carbonyl (C=O) groups excluding carboxylic acids is 1. The summed E-state index contributed by atoms with van der Waals surface area (Å²) in [4.78, 5) is 21.7. The quantitative estimate of drug-likeness (QED) is 0.544. The predicted molar refractivity (Wildman–Crippen MR) is 108 cm³/mol. The Morgan fingerprint density at radius 1 is 1.21 bits per heavy atom. The number of carbonyl (C=O) groups is 1. The average Bonchev–Trinajstić information content (AvgIpc) is 3.33. The largest absolute Gasteiger partial charge is 0.467 e. The van der Waals surface area contributed by atoms with Crippen LogP contribution in [0.3, 0.4) is 0 Å². The van der Waals surface area contributed by atoms with E-state index < -0.39 is 0 Å². The molecule has 7 nitrogen and oxygen atoms in total. The van der Waals surface area contributed by atoms with Crippen LogP contribution in [0.5, 0.6) is 5.88 Å². The normalized spacial score (nSPS) is 10.9. The van der Waals surface area contributed by atoms with E-state index in [1.54, 1.807) is 22.2 Å². The van der Waals surface area contributed by atoms with Crippen molar-refractivity contribution in [2.75, 3.05) is 6.61 Å². The van der Waals surface area contributed by atoms with Gasteiger partial charge in [-0.1, -0.05) is 12.1 Å². The van der Waals surface area contributed by atoms with Gasteiger partial charge in [0.25, 0.3) is 5.91 Å². The lowest BCUT2D eigenvalue weighted by Crippen LogP contribution is -2.28. The smallest absolute Gasteiger partial charge is 0.258 e. The lowest BCUT2D eigenvalue weighted by atomic mass is 10.1. The molecule has 0 aliphatic carbocycles. The number of nitrogens with zero attached hydrogens (tertiary/aromatic N) is 4. The Kier molecular flexibility index (Phi) is 5.03. The summed E-state index contributed by atoms with van der Waals surface area (Å²) in [5.74, 6) is 0.133. The highest BCUT2D eigenvalue weighted by Gasteiger charge is 2.14. The highest BCUT2D eigenvalue weighted by molar-refractivity contribution is 7.09. The van der Waals surface area contributed by atoms with Gasteiger partial charge >= 0.3 is 0 Å². The standard InChI is InChI=1S/C20H19N5O2S/c1-13-6-14(2)8-15(7-13)25-19-17(10-24-25)20(23-12-22-19)27-11-18(26)21-9-16-4-3-5-28-16/h3-8,10,12H,9,11H2,1-2H3,(H,21,26). The number of ether oxygens (including phenoxy) is 1. The number of aryl methyl sites for hydroxylation is 2. The molecule has 142 valence electrons. The van der Waals surface area contributed by atoms with Crippen molar-refractivity contribution in [3.05, 3.63) is 64.2 Å². The van der Waals surface area contributed by atoms with Gasteiger partial charge in [-0.15, -0.1) is 11.3 Å². The maximum atomic E-state index is 12.1. The molecule has 4 aromatic rings. The minimum Gasteiger partial charge on any atom is -0.467 e. The molecule has 1 N–H and O–H groups in total. The molecule has 8 heteroatoms. The molecular formula is C20H19N5O2S. The van der Waals surface area contributed by atoms with Gasteiger partial charge in [-0.3, -0.25) is 4.79 Å². The number of nitrogens with one attached hydrogen (secondary N) is 1. The van der Waals surface area contributed by atoms with Crippen molar-refractivity contribution in [1.29, 1.82) is 0 Å². The summed E-state index contributed by atoms with van der Waals surface area (Å²) in [5, 5.41) is 9.90. The number of hydrogen-bond donors (Lipinski definition) is 1. The molecule has 0 saturated heterocycles. The molecular weight excluding hydrogens is 374 g/mol. The fraction of sp³-hybridized carbons (Fsp3) is 0.200. The second-order valence-corrected chi connectivity index (χ2v) is 7.50. The van der Waals surface area contributed by atoms with Gasteiger partial charge in [0.2, 0.25) is 5.88 Å². The Hall–Kier alpha value is -3.26. The molecule has 1 amide bonds. The molecule has 1 aromatic carbocycles. The zero-order valence-corrected chi connectivity index (χ0v) is 16.4. The molecule has 0 bridgehead atoms. The molecule has 0 aliphatic heterocycles. The number of rotatable bonds is 6. The van der Waals surface area contributed by atoms with Crippen molar-refractivity contribution in [1.82, 2.24) is 25.1 Å².